The molecule has 0 fully saturated rings. The zero-order chi connectivity index (χ0) is 19.1. The Kier molecular flexibility index (Phi) is 6.77. The van der Waals surface area contributed by atoms with Gasteiger partial charge in [-0.1, -0.05) is 13.3 Å². The average molecular weight is 360 g/mol. The van der Waals surface area contributed by atoms with Crippen LogP contribution in [0.15, 0.2) is 33.5 Å². The van der Waals surface area contributed by atoms with Crippen molar-refractivity contribution in [1.29, 1.82) is 0 Å². The Labute approximate surface area is 151 Å². The number of aryl methyl sites for hydroxylation is 1. The van der Waals surface area contributed by atoms with Gasteiger partial charge in [-0.2, -0.15) is 0 Å². The number of rotatable bonds is 9. The van der Waals surface area contributed by atoms with Crippen LogP contribution in [0.3, 0.4) is 0 Å². The minimum absolute atomic E-state index is 0.112. The molecule has 0 saturated carbocycles. The highest BCUT2D eigenvalue weighted by atomic mass is 16.5. The third-order valence-electron chi connectivity index (χ3n) is 3.86. The van der Waals surface area contributed by atoms with Crippen molar-refractivity contribution in [2.75, 3.05) is 6.54 Å². The lowest BCUT2D eigenvalue weighted by molar-refractivity contribution is -0.305. The maximum Gasteiger partial charge on any atom is 0.336 e. The third-order valence-corrected chi connectivity index (χ3v) is 3.86. The molecule has 1 aromatic carbocycles. The minimum atomic E-state index is -1.15. The lowest BCUT2D eigenvalue weighted by Crippen LogP contribution is -2.37. The van der Waals surface area contributed by atoms with Gasteiger partial charge in [-0.05, 0) is 43.9 Å². The molecule has 26 heavy (non-hydrogen) atoms. The van der Waals surface area contributed by atoms with Gasteiger partial charge in [0.05, 0.1) is 0 Å². The van der Waals surface area contributed by atoms with Gasteiger partial charge in [0.15, 0.2) is 6.10 Å². The van der Waals surface area contributed by atoms with E-state index >= 15 is 0 Å². The number of nitrogens with one attached hydrogen (secondary N) is 1. The second kappa shape index (κ2) is 9.03. The van der Waals surface area contributed by atoms with Crippen molar-refractivity contribution >= 4 is 22.8 Å². The Balaban J connectivity index is 2.04. The fraction of sp³-hybridized carbons (Fsp3) is 0.421. The minimum Gasteiger partial charge on any atom is -0.550 e. The monoisotopic (exact) mass is 360 g/mol. The molecule has 0 radical (unpaired) electrons. The Morgan fingerprint density at radius 2 is 2.08 bits per heavy atom. The summed E-state index contributed by atoms with van der Waals surface area (Å²) < 4.78 is 10.8. The summed E-state index contributed by atoms with van der Waals surface area (Å²) in [5, 5.41) is 13.8. The number of hydrogen-bond donors (Lipinski definition) is 1. The van der Waals surface area contributed by atoms with E-state index in [1.807, 2.05) is 13.0 Å². The highest BCUT2D eigenvalue weighted by molar-refractivity contribution is 5.83. The van der Waals surface area contributed by atoms with Gasteiger partial charge < -0.3 is 24.4 Å². The van der Waals surface area contributed by atoms with E-state index in [4.69, 9.17) is 9.15 Å². The highest BCUT2D eigenvalue weighted by Crippen LogP contribution is 2.24. The summed E-state index contributed by atoms with van der Waals surface area (Å²) in [6.07, 6.45) is 1.08. The number of carboxylic acids is 1. The summed E-state index contributed by atoms with van der Waals surface area (Å²) in [5.74, 6) is -1.10. The summed E-state index contributed by atoms with van der Waals surface area (Å²) in [6.45, 7) is 3.85. The molecule has 2 rings (SSSR count). The average Bonchev–Trinajstić information content (AvgIpc) is 2.58. The molecule has 0 saturated heterocycles. The quantitative estimate of drug-likeness (QED) is 0.531. The second-order valence-electron chi connectivity index (χ2n) is 6.03. The van der Waals surface area contributed by atoms with E-state index in [2.05, 4.69) is 5.32 Å². The number of hydrogen-bond acceptors (Lipinski definition) is 6. The second-order valence-corrected chi connectivity index (χ2v) is 6.03. The maximum absolute atomic E-state index is 12.0. The van der Waals surface area contributed by atoms with Crippen LogP contribution in [0.25, 0.3) is 11.0 Å². The predicted molar refractivity (Wildman–Crippen MR) is 93.8 cm³/mol. The number of carbonyl (C=O) groups excluding carboxylic acids is 2. The van der Waals surface area contributed by atoms with Crippen LogP contribution in [0.1, 0.15) is 38.7 Å². The summed E-state index contributed by atoms with van der Waals surface area (Å²) >= 11 is 0. The van der Waals surface area contributed by atoms with Crippen LogP contribution < -0.4 is 20.8 Å². The first-order valence-corrected chi connectivity index (χ1v) is 8.61. The van der Waals surface area contributed by atoms with E-state index in [9.17, 15) is 19.5 Å². The van der Waals surface area contributed by atoms with Gasteiger partial charge in [0.2, 0.25) is 0 Å². The van der Waals surface area contributed by atoms with Gasteiger partial charge in [0, 0.05) is 30.0 Å². The van der Waals surface area contributed by atoms with Crippen LogP contribution in [0, 0.1) is 0 Å². The number of aliphatic carboxylic acids is 1. The number of ether oxygens (including phenoxy) is 1. The predicted octanol–water partition coefficient (Wildman–Crippen LogP) is 1.16. The van der Waals surface area contributed by atoms with Crippen LogP contribution in [0.2, 0.25) is 0 Å². The first-order chi connectivity index (χ1) is 12.4. The highest BCUT2D eigenvalue weighted by Gasteiger charge is 2.15. The molecule has 7 nitrogen and oxygen atoms in total. The molecule has 1 heterocycles. The lowest BCUT2D eigenvalue weighted by atomic mass is 10.1. The molecule has 0 aliphatic heterocycles. The van der Waals surface area contributed by atoms with Crippen molar-refractivity contribution in [3.05, 3.63) is 40.2 Å². The van der Waals surface area contributed by atoms with Crippen molar-refractivity contribution in [1.82, 2.24) is 5.32 Å². The van der Waals surface area contributed by atoms with E-state index in [1.54, 1.807) is 19.1 Å². The van der Waals surface area contributed by atoms with E-state index in [-0.39, 0.29) is 18.9 Å². The van der Waals surface area contributed by atoms with Crippen LogP contribution in [-0.4, -0.2) is 24.5 Å². The molecule has 1 N–H and O–H groups in total. The molecule has 0 bridgehead atoms. The Hall–Kier alpha value is -2.83. The molecule has 140 valence electrons. The van der Waals surface area contributed by atoms with E-state index in [0.29, 0.717) is 17.8 Å². The van der Waals surface area contributed by atoms with Gasteiger partial charge in [0.1, 0.15) is 11.3 Å². The van der Waals surface area contributed by atoms with E-state index in [1.165, 1.54) is 6.07 Å². The molecule has 2 aromatic rings. The number of carbonyl (C=O) groups is 2. The summed E-state index contributed by atoms with van der Waals surface area (Å²) in [5.41, 5.74) is 0.917. The molecule has 7 heteroatoms. The largest absolute Gasteiger partial charge is 0.550 e. The SMILES string of the molecule is CCCc1cc(=O)oc2cc(O[C@H](C)C(=O)NCCCC(=O)[O-])ccc12. The Morgan fingerprint density at radius 3 is 2.77 bits per heavy atom. The molecule has 0 aliphatic carbocycles. The lowest BCUT2D eigenvalue weighted by Gasteiger charge is -2.15. The number of carboxylic acid groups (broad SMARTS) is 1. The van der Waals surface area contributed by atoms with Gasteiger partial charge in [0.25, 0.3) is 5.91 Å². The van der Waals surface area contributed by atoms with Crippen LogP contribution in [-0.2, 0) is 16.0 Å². The smallest absolute Gasteiger partial charge is 0.336 e. The molecule has 0 unspecified atom stereocenters. The zero-order valence-corrected chi connectivity index (χ0v) is 14.9. The topological polar surface area (TPSA) is 109 Å². The van der Waals surface area contributed by atoms with Gasteiger partial charge in [-0.15, -0.1) is 0 Å². The van der Waals surface area contributed by atoms with Gasteiger partial charge >= 0.3 is 5.63 Å². The van der Waals surface area contributed by atoms with Crippen molar-refractivity contribution < 1.29 is 23.8 Å². The summed E-state index contributed by atoms with van der Waals surface area (Å²) in [6, 6.07) is 6.62. The van der Waals surface area contributed by atoms with Crippen molar-refractivity contribution in [3.63, 3.8) is 0 Å². The Morgan fingerprint density at radius 1 is 1.31 bits per heavy atom. The molecule has 1 atom stereocenters. The normalized spacial score (nSPS) is 11.9. The van der Waals surface area contributed by atoms with E-state index in [0.717, 1.165) is 23.8 Å². The molecular formula is C19H22NO6-. The molecule has 0 spiro atoms. The summed E-state index contributed by atoms with van der Waals surface area (Å²) in [7, 11) is 0. The summed E-state index contributed by atoms with van der Waals surface area (Å²) in [4.78, 5) is 34.0. The van der Waals surface area contributed by atoms with Crippen molar-refractivity contribution in [2.45, 2.75) is 45.6 Å². The fourth-order valence-electron chi connectivity index (χ4n) is 2.61. The number of amides is 1. The maximum atomic E-state index is 12.0. The number of benzene rings is 1. The molecule has 1 aromatic heterocycles. The van der Waals surface area contributed by atoms with Crippen molar-refractivity contribution in [2.24, 2.45) is 0 Å². The third kappa shape index (κ3) is 5.34. The molecule has 1 amide bonds. The van der Waals surface area contributed by atoms with Gasteiger partial charge in [-0.3, -0.25) is 4.79 Å². The van der Waals surface area contributed by atoms with Crippen molar-refractivity contribution in [3.8, 4) is 5.75 Å². The van der Waals surface area contributed by atoms with Crippen LogP contribution in [0.5, 0.6) is 5.75 Å². The molecule has 0 aliphatic rings. The standard InChI is InChI=1S/C19H23NO6/c1-3-5-13-10-18(23)26-16-11-14(7-8-15(13)16)25-12(2)19(24)20-9-4-6-17(21)22/h7-8,10-12H,3-6,9H2,1-2H3,(H,20,24)(H,21,22)/p-1/t12-/m1/s1. The first kappa shape index (κ1) is 19.5. The van der Waals surface area contributed by atoms with Crippen LogP contribution >= 0.6 is 0 Å². The Bertz CT molecular complexity index is 842. The first-order valence-electron chi connectivity index (χ1n) is 8.61. The van der Waals surface area contributed by atoms with E-state index < -0.39 is 17.7 Å². The van der Waals surface area contributed by atoms with Crippen LogP contribution in [0.4, 0.5) is 0 Å². The molecular weight excluding hydrogens is 338 g/mol. The fourth-order valence-corrected chi connectivity index (χ4v) is 2.61. The van der Waals surface area contributed by atoms with Gasteiger partial charge in [-0.25, -0.2) is 4.79 Å². The number of fused-ring (bicyclic) bond motifs is 1. The zero-order valence-electron chi connectivity index (χ0n) is 14.9.